The van der Waals surface area contributed by atoms with E-state index in [1.807, 2.05) is 32.0 Å². The molecular weight excluding hydrogens is 306 g/mol. The average Bonchev–Trinajstić information content (AvgIpc) is 3.08. The van der Waals surface area contributed by atoms with Crippen molar-refractivity contribution in [2.24, 2.45) is 5.10 Å². The van der Waals surface area contributed by atoms with Crippen LogP contribution in [0.4, 0.5) is 5.69 Å². The molecule has 1 aromatic heterocycles. The number of carbonyl (C=O) groups excluding carboxylic acids is 2. The fourth-order valence-corrected chi connectivity index (χ4v) is 2.14. The van der Waals surface area contributed by atoms with Gasteiger partial charge in [-0.15, -0.1) is 0 Å². The molecule has 2 amide bonds. The average molecular weight is 327 g/mol. The van der Waals surface area contributed by atoms with Gasteiger partial charge in [-0.2, -0.15) is 5.10 Å². The van der Waals surface area contributed by atoms with Gasteiger partial charge in [0.25, 0.3) is 0 Å². The summed E-state index contributed by atoms with van der Waals surface area (Å²) >= 11 is 0. The van der Waals surface area contributed by atoms with E-state index >= 15 is 0 Å². The fourth-order valence-electron chi connectivity index (χ4n) is 2.14. The lowest BCUT2D eigenvalue weighted by atomic mass is 10.1. The highest BCUT2D eigenvalue weighted by atomic mass is 16.3. The van der Waals surface area contributed by atoms with Crippen LogP contribution in [0.1, 0.15) is 36.7 Å². The summed E-state index contributed by atoms with van der Waals surface area (Å²) in [4.78, 5) is 23.7. The molecule has 0 atom stereocenters. The van der Waals surface area contributed by atoms with Crippen LogP contribution >= 0.6 is 0 Å². The summed E-state index contributed by atoms with van der Waals surface area (Å²) in [6.45, 7) is 5.65. The number of nitrogens with zero attached hydrogens (tertiary/aromatic N) is 1. The van der Waals surface area contributed by atoms with E-state index in [1.165, 1.54) is 6.26 Å². The molecule has 126 valence electrons. The molecule has 0 saturated heterocycles. The van der Waals surface area contributed by atoms with Gasteiger partial charge in [-0.05, 0) is 44.5 Å². The molecule has 6 nitrogen and oxygen atoms in total. The minimum absolute atomic E-state index is 0.0612. The van der Waals surface area contributed by atoms with Gasteiger partial charge in [0.2, 0.25) is 11.8 Å². The highest BCUT2D eigenvalue weighted by Crippen LogP contribution is 2.16. The van der Waals surface area contributed by atoms with Gasteiger partial charge >= 0.3 is 0 Å². The van der Waals surface area contributed by atoms with E-state index in [-0.39, 0.29) is 24.7 Å². The van der Waals surface area contributed by atoms with Gasteiger partial charge in [-0.3, -0.25) is 9.59 Å². The minimum atomic E-state index is -0.323. The summed E-state index contributed by atoms with van der Waals surface area (Å²) in [6.07, 6.45) is 1.69. The molecule has 24 heavy (non-hydrogen) atoms. The van der Waals surface area contributed by atoms with Crippen LogP contribution < -0.4 is 10.7 Å². The van der Waals surface area contributed by atoms with Crippen LogP contribution in [0.3, 0.4) is 0 Å². The number of rotatable bonds is 6. The summed E-state index contributed by atoms with van der Waals surface area (Å²) in [5.41, 5.74) is 5.87. The van der Waals surface area contributed by atoms with Crippen LogP contribution in [0, 0.1) is 13.8 Å². The number of hydrogen-bond donors (Lipinski definition) is 2. The van der Waals surface area contributed by atoms with Crippen molar-refractivity contribution in [3.05, 3.63) is 53.5 Å². The summed E-state index contributed by atoms with van der Waals surface area (Å²) in [7, 11) is 0. The second-order valence-electron chi connectivity index (χ2n) is 5.58. The Balaban J connectivity index is 1.79. The molecule has 6 heteroatoms. The molecule has 0 aliphatic carbocycles. The predicted octanol–water partition coefficient (Wildman–Crippen LogP) is 3.16. The van der Waals surface area contributed by atoms with Gasteiger partial charge in [0.15, 0.2) is 0 Å². The summed E-state index contributed by atoms with van der Waals surface area (Å²) in [5, 5.41) is 6.75. The number of hydrazone groups is 1. The highest BCUT2D eigenvalue weighted by Gasteiger charge is 2.09. The topological polar surface area (TPSA) is 83.7 Å². The Bertz CT molecular complexity index is 749. The first kappa shape index (κ1) is 17.5. The van der Waals surface area contributed by atoms with Crippen molar-refractivity contribution in [1.82, 2.24) is 5.43 Å². The Kier molecular flexibility index (Phi) is 5.89. The Labute approximate surface area is 140 Å². The standard InChI is InChI=1S/C18H21N3O3/c1-12-6-7-15(13(2)11-12)19-17(22)8-9-18(23)21-20-14(3)16-5-4-10-24-16/h4-7,10-11H,8-9H2,1-3H3,(H,19,22)(H,21,23)/b20-14-. The van der Waals surface area contributed by atoms with Crippen LogP contribution in [0.5, 0.6) is 0 Å². The molecule has 0 spiro atoms. The van der Waals surface area contributed by atoms with Crippen LogP contribution in [-0.4, -0.2) is 17.5 Å². The van der Waals surface area contributed by atoms with Crippen molar-refractivity contribution in [1.29, 1.82) is 0 Å². The van der Waals surface area contributed by atoms with E-state index in [0.717, 1.165) is 16.8 Å². The second kappa shape index (κ2) is 8.10. The molecule has 2 N–H and O–H groups in total. The highest BCUT2D eigenvalue weighted by molar-refractivity contribution is 5.97. The third-order valence-corrected chi connectivity index (χ3v) is 3.46. The maximum absolute atomic E-state index is 11.9. The monoisotopic (exact) mass is 327 g/mol. The minimum Gasteiger partial charge on any atom is -0.463 e. The Hall–Kier alpha value is -2.89. The zero-order chi connectivity index (χ0) is 17.5. The van der Waals surface area contributed by atoms with Crippen molar-refractivity contribution < 1.29 is 14.0 Å². The second-order valence-corrected chi connectivity index (χ2v) is 5.58. The van der Waals surface area contributed by atoms with Gasteiger partial charge in [0.05, 0.1) is 6.26 Å². The van der Waals surface area contributed by atoms with Crippen LogP contribution in [0.15, 0.2) is 46.1 Å². The van der Waals surface area contributed by atoms with Crippen LogP contribution in [0.2, 0.25) is 0 Å². The van der Waals surface area contributed by atoms with Gasteiger partial charge < -0.3 is 9.73 Å². The molecule has 0 unspecified atom stereocenters. The first-order valence-corrected chi connectivity index (χ1v) is 7.70. The molecule has 1 heterocycles. The predicted molar refractivity (Wildman–Crippen MR) is 92.8 cm³/mol. The summed E-state index contributed by atoms with van der Waals surface area (Å²) in [6, 6.07) is 9.28. The van der Waals surface area contributed by atoms with E-state index in [4.69, 9.17) is 4.42 Å². The Morgan fingerprint density at radius 3 is 2.54 bits per heavy atom. The number of hydrogen-bond acceptors (Lipinski definition) is 4. The fraction of sp³-hybridized carbons (Fsp3) is 0.278. The van der Waals surface area contributed by atoms with Crippen molar-refractivity contribution in [3.63, 3.8) is 0 Å². The normalized spacial score (nSPS) is 11.2. The summed E-state index contributed by atoms with van der Waals surface area (Å²) in [5.74, 6) is 0.0587. The van der Waals surface area contributed by atoms with Crippen molar-refractivity contribution >= 4 is 23.2 Å². The van der Waals surface area contributed by atoms with E-state index in [2.05, 4.69) is 15.8 Å². The smallest absolute Gasteiger partial charge is 0.240 e. The van der Waals surface area contributed by atoms with Crippen molar-refractivity contribution in [3.8, 4) is 0 Å². The zero-order valence-electron chi connectivity index (χ0n) is 14.1. The number of anilines is 1. The lowest BCUT2D eigenvalue weighted by molar-refractivity contribution is -0.124. The first-order chi connectivity index (χ1) is 11.5. The largest absolute Gasteiger partial charge is 0.463 e. The molecule has 2 rings (SSSR count). The summed E-state index contributed by atoms with van der Waals surface area (Å²) < 4.78 is 5.17. The quantitative estimate of drug-likeness (QED) is 0.631. The van der Waals surface area contributed by atoms with E-state index < -0.39 is 0 Å². The van der Waals surface area contributed by atoms with Gasteiger partial charge in [0, 0.05) is 18.5 Å². The molecule has 0 fully saturated rings. The van der Waals surface area contributed by atoms with Gasteiger partial charge in [0.1, 0.15) is 11.5 Å². The molecule has 0 bridgehead atoms. The van der Waals surface area contributed by atoms with Crippen molar-refractivity contribution in [2.75, 3.05) is 5.32 Å². The molecule has 1 aromatic carbocycles. The number of amides is 2. The van der Waals surface area contributed by atoms with E-state index in [0.29, 0.717) is 11.5 Å². The first-order valence-electron chi connectivity index (χ1n) is 7.70. The number of aryl methyl sites for hydroxylation is 2. The van der Waals surface area contributed by atoms with Crippen molar-refractivity contribution in [2.45, 2.75) is 33.6 Å². The number of nitrogens with one attached hydrogen (secondary N) is 2. The van der Waals surface area contributed by atoms with Crippen LogP contribution in [0.25, 0.3) is 0 Å². The molecule has 0 saturated carbocycles. The van der Waals surface area contributed by atoms with E-state index in [9.17, 15) is 9.59 Å². The SMILES string of the molecule is C/C(=N/NC(=O)CCC(=O)Nc1ccc(C)cc1C)c1ccco1. The Morgan fingerprint density at radius 2 is 1.88 bits per heavy atom. The number of benzene rings is 1. The molecule has 0 aliphatic rings. The maximum Gasteiger partial charge on any atom is 0.240 e. The molecule has 2 aromatic rings. The van der Waals surface area contributed by atoms with E-state index in [1.54, 1.807) is 19.1 Å². The number of furan rings is 1. The third kappa shape index (κ3) is 5.08. The lowest BCUT2D eigenvalue weighted by Gasteiger charge is -2.08. The third-order valence-electron chi connectivity index (χ3n) is 3.46. The molecule has 0 aliphatic heterocycles. The number of carbonyl (C=O) groups is 2. The Morgan fingerprint density at radius 1 is 1.12 bits per heavy atom. The van der Waals surface area contributed by atoms with Gasteiger partial charge in [-0.25, -0.2) is 5.43 Å². The maximum atomic E-state index is 11.9. The zero-order valence-corrected chi connectivity index (χ0v) is 14.1. The van der Waals surface area contributed by atoms with Crippen LogP contribution in [-0.2, 0) is 9.59 Å². The van der Waals surface area contributed by atoms with Gasteiger partial charge in [-0.1, -0.05) is 17.7 Å². The molecule has 0 radical (unpaired) electrons. The lowest BCUT2D eigenvalue weighted by Crippen LogP contribution is -2.21. The molecular formula is C18H21N3O3.